The van der Waals surface area contributed by atoms with Gasteiger partial charge in [0.15, 0.2) is 0 Å². The molecule has 1 fully saturated rings. The molecule has 0 aromatic heterocycles. The standard InChI is InChI=1S/C29H30O3S2/c1-30-25-13-7-22(8-14-25)28(23-9-15-26(31-2)16-10-23)6-4-19-29(33-20-5-21-34-29)24-11-17-27(32-3)18-12-24/h4,6-19H,5,20-21H2,1-3H3. The summed E-state index contributed by atoms with van der Waals surface area (Å²) < 4.78 is 16.0. The summed E-state index contributed by atoms with van der Waals surface area (Å²) in [5.74, 6) is 4.88. The lowest BCUT2D eigenvalue weighted by atomic mass is 9.97. The van der Waals surface area contributed by atoms with Crippen molar-refractivity contribution < 1.29 is 14.2 Å². The van der Waals surface area contributed by atoms with Crippen molar-refractivity contribution in [2.45, 2.75) is 10.5 Å². The molecule has 3 aromatic carbocycles. The lowest BCUT2D eigenvalue weighted by Crippen LogP contribution is -2.20. The second-order valence-corrected chi connectivity index (χ2v) is 10.8. The molecule has 1 saturated heterocycles. The fourth-order valence-electron chi connectivity index (χ4n) is 3.90. The highest BCUT2D eigenvalue weighted by molar-refractivity contribution is 8.18. The second-order valence-electron chi connectivity index (χ2n) is 7.84. The van der Waals surface area contributed by atoms with Crippen molar-refractivity contribution in [1.82, 2.24) is 0 Å². The van der Waals surface area contributed by atoms with Crippen molar-refractivity contribution in [2.75, 3.05) is 32.8 Å². The van der Waals surface area contributed by atoms with Gasteiger partial charge in [-0.1, -0.05) is 54.6 Å². The van der Waals surface area contributed by atoms with E-state index >= 15 is 0 Å². The summed E-state index contributed by atoms with van der Waals surface area (Å²) in [7, 11) is 5.09. The van der Waals surface area contributed by atoms with Crippen LogP contribution in [0.2, 0.25) is 0 Å². The average Bonchev–Trinajstić information content (AvgIpc) is 2.92. The van der Waals surface area contributed by atoms with E-state index in [1.165, 1.54) is 12.0 Å². The summed E-state index contributed by atoms with van der Waals surface area (Å²) in [6.45, 7) is 0. The summed E-state index contributed by atoms with van der Waals surface area (Å²) in [6.07, 6.45) is 8.00. The van der Waals surface area contributed by atoms with Crippen molar-refractivity contribution in [3.8, 4) is 17.2 Å². The first-order chi connectivity index (χ1) is 16.7. The third-order valence-electron chi connectivity index (χ3n) is 5.79. The summed E-state index contributed by atoms with van der Waals surface area (Å²) in [6, 6.07) is 24.9. The maximum atomic E-state index is 5.37. The number of methoxy groups -OCH3 is 3. The topological polar surface area (TPSA) is 27.7 Å². The minimum absolute atomic E-state index is 0.105. The van der Waals surface area contributed by atoms with Crippen molar-refractivity contribution in [2.24, 2.45) is 0 Å². The van der Waals surface area contributed by atoms with E-state index < -0.39 is 0 Å². The van der Waals surface area contributed by atoms with E-state index in [-0.39, 0.29) is 4.08 Å². The molecule has 0 amide bonds. The first kappa shape index (κ1) is 24.4. The number of benzene rings is 3. The first-order valence-electron chi connectivity index (χ1n) is 11.3. The van der Waals surface area contributed by atoms with E-state index in [2.05, 4.69) is 66.8 Å². The van der Waals surface area contributed by atoms with Crippen LogP contribution in [0.25, 0.3) is 5.57 Å². The molecule has 0 spiro atoms. The summed E-state index contributed by atoms with van der Waals surface area (Å²) >= 11 is 4.01. The van der Waals surface area contributed by atoms with Crippen molar-refractivity contribution in [1.29, 1.82) is 0 Å². The number of ether oxygens (including phenoxy) is 3. The molecule has 1 aliphatic rings. The van der Waals surface area contributed by atoms with Gasteiger partial charge < -0.3 is 14.2 Å². The van der Waals surface area contributed by atoms with Gasteiger partial charge in [-0.15, -0.1) is 23.5 Å². The third kappa shape index (κ3) is 5.65. The van der Waals surface area contributed by atoms with Gasteiger partial charge in [0, 0.05) is 0 Å². The first-order valence-corrected chi connectivity index (χ1v) is 13.3. The minimum Gasteiger partial charge on any atom is -0.497 e. The Labute approximate surface area is 211 Å². The molecule has 0 unspecified atom stereocenters. The average molecular weight is 491 g/mol. The maximum Gasteiger partial charge on any atom is 0.118 e. The second kappa shape index (κ2) is 11.6. The summed E-state index contributed by atoms with van der Waals surface area (Å²) in [5.41, 5.74) is 4.72. The zero-order valence-corrected chi connectivity index (χ0v) is 21.5. The smallest absolute Gasteiger partial charge is 0.118 e. The van der Waals surface area contributed by atoms with Crippen LogP contribution in [0, 0.1) is 0 Å². The van der Waals surface area contributed by atoms with Gasteiger partial charge in [0.1, 0.15) is 21.3 Å². The van der Waals surface area contributed by atoms with Crippen LogP contribution >= 0.6 is 23.5 Å². The third-order valence-corrected chi connectivity index (χ3v) is 9.09. The van der Waals surface area contributed by atoms with Crippen LogP contribution in [0.1, 0.15) is 23.1 Å². The molecule has 0 N–H and O–H groups in total. The van der Waals surface area contributed by atoms with E-state index in [4.69, 9.17) is 14.2 Å². The van der Waals surface area contributed by atoms with E-state index in [9.17, 15) is 0 Å². The molecule has 0 saturated carbocycles. The van der Waals surface area contributed by atoms with Crippen LogP contribution in [0.4, 0.5) is 0 Å². The maximum absolute atomic E-state index is 5.37. The molecular formula is C29H30O3S2. The Bertz CT molecular complexity index is 1060. The molecule has 34 heavy (non-hydrogen) atoms. The highest BCUT2D eigenvalue weighted by Crippen LogP contribution is 2.51. The van der Waals surface area contributed by atoms with Gasteiger partial charge in [-0.05, 0) is 76.6 Å². The minimum atomic E-state index is -0.105. The van der Waals surface area contributed by atoms with Crippen LogP contribution in [0.5, 0.6) is 17.2 Å². The van der Waals surface area contributed by atoms with Crippen molar-refractivity contribution in [3.05, 3.63) is 108 Å². The highest BCUT2D eigenvalue weighted by atomic mass is 32.2. The molecule has 1 aliphatic heterocycles. The Balaban J connectivity index is 1.71. The van der Waals surface area contributed by atoms with Crippen molar-refractivity contribution >= 4 is 29.1 Å². The lowest BCUT2D eigenvalue weighted by Gasteiger charge is -2.34. The van der Waals surface area contributed by atoms with Crippen molar-refractivity contribution in [3.63, 3.8) is 0 Å². The predicted octanol–water partition coefficient (Wildman–Crippen LogP) is 7.42. The van der Waals surface area contributed by atoms with Gasteiger partial charge in [-0.2, -0.15) is 0 Å². The van der Waals surface area contributed by atoms with E-state index in [1.807, 2.05) is 47.8 Å². The number of hydrogen-bond donors (Lipinski definition) is 0. The van der Waals surface area contributed by atoms with E-state index in [1.54, 1.807) is 21.3 Å². The lowest BCUT2D eigenvalue weighted by molar-refractivity contribution is 0.414. The normalized spacial score (nSPS) is 15.0. The predicted molar refractivity (Wildman–Crippen MR) is 146 cm³/mol. The number of hydrogen-bond acceptors (Lipinski definition) is 5. The molecule has 4 rings (SSSR count). The largest absolute Gasteiger partial charge is 0.497 e. The number of allylic oxidation sites excluding steroid dienone is 2. The van der Waals surface area contributed by atoms with E-state index in [0.717, 1.165) is 45.5 Å². The highest BCUT2D eigenvalue weighted by Gasteiger charge is 2.33. The summed E-state index contributed by atoms with van der Waals surface area (Å²) in [5, 5.41) is 0. The fourth-order valence-corrected chi connectivity index (χ4v) is 7.06. The van der Waals surface area contributed by atoms with Gasteiger partial charge >= 0.3 is 0 Å². The molecule has 0 atom stereocenters. The van der Waals surface area contributed by atoms with Crippen LogP contribution in [-0.2, 0) is 4.08 Å². The van der Waals surface area contributed by atoms with Crippen LogP contribution in [-0.4, -0.2) is 32.8 Å². The van der Waals surface area contributed by atoms with Gasteiger partial charge in [0.05, 0.1) is 21.3 Å². The molecule has 176 valence electrons. The Hall–Kier alpha value is -2.76. The SMILES string of the molecule is COc1ccc(C(=CC=CC2(c3ccc(OC)cc3)SCCCS2)c2ccc(OC)cc2)cc1. The van der Waals surface area contributed by atoms with Gasteiger partial charge in [0.2, 0.25) is 0 Å². The quantitative estimate of drug-likeness (QED) is 0.306. The van der Waals surface area contributed by atoms with Crippen LogP contribution < -0.4 is 14.2 Å². The zero-order chi connectivity index (χ0) is 23.8. The zero-order valence-electron chi connectivity index (χ0n) is 19.8. The Kier molecular flexibility index (Phi) is 8.30. The molecular weight excluding hydrogens is 460 g/mol. The molecule has 3 aromatic rings. The number of thioether (sulfide) groups is 2. The van der Waals surface area contributed by atoms with Crippen LogP contribution in [0.3, 0.4) is 0 Å². The van der Waals surface area contributed by atoms with Crippen LogP contribution in [0.15, 0.2) is 91.0 Å². The molecule has 0 radical (unpaired) electrons. The Morgan fingerprint density at radius 3 is 1.56 bits per heavy atom. The van der Waals surface area contributed by atoms with E-state index in [0.29, 0.717) is 0 Å². The Morgan fingerprint density at radius 1 is 0.676 bits per heavy atom. The number of rotatable bonds is 8. The molecule has 0 aliphatic carbocycles. The monoisotopic (exact) mass is 490 g/mol. The fraction of sp³-hybridized carbons (Fsp3) is 0.241. The van der Waals surface area contributed by atoms with Gasteiger partial charge in [-0.25, -0.2) is 0 Å². The molecule has 0 bridgehead atoms. The van der Waals surface area contributed by atoms with Gasteiger partial charge in [-0.3, -0.25) is 0 Å². The van der Waals surface area contributed by atoms with Gasteiger partial charge in [0.25, 0.3) is 0 Å². The summed E-state index contributed by atoms with van der Waals surface area (Å²) in [4.78, 5) is 0. The molecule has 5 heteroatoms. The molecule has 1 heterocycles. The molecule has 3 nitrogen and oxygen atoms in total. The Morgan fingerprint density at radius 2 is 1.12 bits per heavy atom.